The van der Waals surface area contributed by atoms with Gasteiger partial charge in [-0.3, -0.25) is 4.79 Å². The van der Waals surface area contributed by atoms with Crippen LogP contribution in [0.15, 0.2) is 30.3 Å². The smallest absolute Gasteiger partial charge is 0.302 e. The minimum Gasteiger partial charge on any atom is -0.462 e. The summed E-state index contributed by atoms with van der Waals surface area (Å²) < 4.78 is 4.71. The number of esters is 1. The average molecular weight is 253 g/mol. The molecule has 0 saturated heterocycles. The van der Waals surface area contributed by atoms with Gasteiger partial charge in [0.05, 0.1) is 5.88 Å². The van der Waals surface area contributed by atoms with E-state index in [1.165, 1.54) is 6.92 Å². The molecule has 0 aliphatic rings. The van der Waals surface area contributed by atoms with Crippen LogP contribution in [0.3, 0.4) is 0 Å². The topological polar surface area (TPSA) is 46.5 Å². The third-order valence-corrected chi connectivity index (χ3v) is 2.39. The molecule has 1 rings (SSSR count). The van der Waals surface area contributed by atoms with Crippen LogP contribution in [0.5, 0.6) is 0 Å². The molecule has 0 saturated carbocycles. The van der Waals surface area contributed by atoms with Crippen molar-refractivity contribution in [1.82, 2.24) is 0 Å². The van der Waals surface area contributed by atoms with Gasteiger partial charge >= 0.3 is 5.97 Å². The number of carbonyl (C=O) groups excluding carboxylic acids is 1. The zero-order valence-electron chi connectivity index (χ0n) is 9.44. The lowest BCUT2D eigenvalue weighted by molar-refractivity contribution is -0.145. The van der Waals surface area contributed by atoms with E-state index < -0.39 is 11.6 Å². The zero-order valence-corrected chi connectivity index (χ0v) is 10.2. The van der Waals surface area contributed by atoms with Crippen LogP contribution in [0.4, 0.5) is 0 Å². The van der Waals surface area contributed by atoms with Gasteiger partial charge in [-0.1, -0.05) is 30.0 Å². The van der Waals surface area contributed by atoms with Crippen LogP contribution in [0.25, 0.3) is 0 Å². The predicted molar refractivity (Wildman–Crippen MR) is 65.6 cm³/mol. The molecule has 0 bridgehead atoms. The standard InChI is InChI=1S/C13H13ClO3/c1-11(15)17-10-13(16,9-14)8-7-12-5-3-2-4-6-12/h2-6,16H,9-10H2,1H3/t13-/m0/s1. The Hall–Kier alpha value is -1.50. The summed E-state index contributed by atoms with van der Waals surface area (Å²) in [5.41, 5.74) is -0.748. The van der Waals surface area contributed by atoms with E-state index in [4.69, 9.17) is 16.3 Å². The van der Waals surface area contributed by atoms with E-state index in [1.807, 2.05) is 30.3 Å². The lowest BCUT2D eigenvalue weighted by Gasteiger charge is -2.18. The maximum Gasteiger partial charge on any atom is 0.302 e. The predicted octanol–water partition coefficient (Wildman–Crippen LogP) is 1.57. The summed E-state index contributed by atoms with van der Waals surface area (Å²) in [6, 6.07) is 9.18. The molecule has 90 valence electrons. The highest BCUT2D eigenvalue weighted by atomic mass is 35.5. The fourth-order valence-corrected chi connectivity index (χ4v) is 1.18. The van der Waals surface area contributed by atoms with Crippen LogP contribution >= 0.6 is 11.6 Å². The van der Waals surface area contributed by atoms with Crippen molar-refractivity contribution in [2.24, 2.45) is 0 Å². The quantitative estimate of drug-likeness (QED) is 0.505. The molecule has 0 spiro atoms. The number of benzene rings is 1. The van der Waals surface area contributed by atoms with E-state index in [-0.39, 0.29) is 12.5 Å². The summed E-state index contributed by atoms with van der Waals surface area (Å²) in [6.45, 7) is 1.03. The first-order chi connectivity index (χ1) is 8.06. The lowest BCUT2D eigenvalue weighted by Crippen LogP contribution is -2.35. The normalized spacial score (nSPS) is 13.1. The van der Waals surface area contributed by atoms with Crippen molar-refractivity contribution >= 4 is 17.6 Å². The number of halogens is 1. The molecule has 4 heteroatoms. The number of hydrogen-bond acceptors (Lipinski definition) is 3. The molecule has 17 heavy (non-hydrogen) atoms. The Kier molecular flexibility index (Phi) is 5.02. The Morgan fingerprint density at radius 2 is 2.12 bits per heavy atom. The van der Waals surface area contributed by atoms with E-state index in [2.05, 4.69) is 11.8 Å². The Balaban J connectivity index is 2.75. The lowest BCUT2D eigenvalue weighted by atomic mass is 10.1. The molecular formula is C13H13ClO3. The summed E-state index contributed by atoms with van der Waals surface area (Å²) >= 11 is 5.61. The molecule has 0 aliphatic heterocycles. The third-order valence-electron chi connectivity index (χ3n) is 1.95. The first-order valence-electron chi connectivity index (χ1n) is 5.06. The van der Waals surface area contributed by atoms with Gasteiger partial charge in [0.2, 0.25) is 0 Å². The first kappa shape index (κ1) is 13.6. The number of aliphatic hydroxyl groups is 1. The molecule has 1 aromatic carbocycles. The second kappa shape index (κ2) is 6.29. The largest absolute Gasteiger partial charge is 0.462 e. The van der Waals surface area contributed by atoms with Gasteiger partial charge in [-0.25, -0.2) is 0 Å². The van der Waals surface area contributed by atoms with Crippen LogP contribution in [-0.4, -0.2) is 29.2 Å². The molecule has 0 aromatic heterocycles. The molecule has 0 unspecified atom stereocenters. The number of ether oxygens (including phenoxy) is 1. The molecule has 3 nitrogen and oxygen atoms in total. The Morgan fingerprint density at radius 1 is 1.47 bits per heavy atom. The van der Waals surface area contributed by atoms with E-state index in [1.54, 1.807) is 0 Å². The third kappa shape index (κ3) is 4.90. The Labute approximate surface area is 105 Å². The summed E-state index contributed by atoms with van der Waals surface area (Å²) in [6.07, 6.45) is 0. The molecule has 0 aliphatic carbocycles. The molecule has 1 N–H and O–H groups in total. The zero-order chi connectivity index (χ0) is 12.7. The van der Waals surface area contributed by atoms with Crippen molar-refractivity contribution in [1.29, 1.82) is 0 Å². The summed E-state index contributed by atoms with van der Waals surface area (Å²) in [5, 5.41) is 9.95. The number of carbonyl (C=O) groups is 1. The molecule has 0 heterocycles. The van der Waals surface area contributed by atoms with E-state index in [0.717, 1.165) is 5.56 Å². The van der Waals surface area contributed by atoms with Crippen LogP contribution < -0.4 is 0 Å². The van der Waals surface area contributed by atoms with Crippen molar-refractivity contribution in [2.45, 2.75) is 12.5 Å². The van der Waals surface area contributed by atoms with Crippen molar-refractivity contribution in [3.05, 3.63) is 35.9 Å². The fraction of sp³-hybridized carbons (Fsp3) is 0.308. The second-order valence-corrected chi connectivity index (χ2v) is 3.83. The van der Waals surface area contributed by atoms with Crippen LogP contribution in [0.2, 0.25) is 0 Å². The molecule has 1 aromatic rings. The van der Waals surface area contributed by atoms with E-state index in [9.17, 15) is 9.90 Å². The van der Waals surface area contributed by atoms with Gasteiger partial charge in [0.15, 0.2) is 5.60 Å². The van der Waals surface area contributed by atoms with Crippen molar-refractivity contribution < 1.29 is 14.6 Å². The highest BCUT2D eigenvalue weighted by Crippen LogP contribution is 2.08. The van der Waals surface area contributed by atoms with Gasteiger partial charge in [-0.15, -0.1) is 11.6 Å². The summed E-state index contributed by atoms with van der Waals surface area (Å²) in [7, 11) is 0. The van der Waals surface area contributed by atoms with Crippen LogP contribution in [0.1, 0.15) is 12.5 Å². The average Bonchev–Trinajstić information content (AvgIpc) is 2.35. The van der Waals surface area contributed by atoms with E-state index in [0.29, 0.717) is 0 Å². The SMILES string of the molecule is CC(=O)OC[C@](O)(C#Cc1ccccc1)CCl. The van der Waals surface area contributed by atoms with Crippen molar-refractivity contribution in [3.8, 4) is 11.8 Å². The second-order valence-electron chi connectivity index (χ2n) is 3.56. The van der Waals surface area contributed by atoms with Crippen molar-refractivity contribution in [3.63, 3.8) is 0 Å². The monoisotopic (exact) mass is 252 g/mol. The maximum absolute atomic E-state index is 10.7. The van der Waals surface area contributed by atoms with Gasteiger partial charge in [-0.05, 0) is 12.1 Å². The van der Waals surface area contributed by atoms with E-state index >= 15 is 0 Å². The first-order valence-corrected chi connectivity index (χ1v) is 5.59. The number of rotatable bonds is 3. The molecule has 1 atom stereocenters. The highest BCUT2D eigenvalue weighted by Gasteiger charge is 2.24. The van der Waals surface area contributed by atoms with Crippen molar-refractivity contribution in [2.75, 3.05) is 12.5 Å². The van der Waals surface area contributed by atoms with Gasteiger partial charge < -0.3 is 9.84 Å². The number of hydrogen-bond donors (Lipinski definition) is 1. The van der Waals surface area contributed by atoms with Gasteiger partial charge in [0, 0.05) is 12.5 Å². The molecular weight excluding hydrogens is 240 g/mol. The van der Waals surface area contributed by atoms with Gasteiger partial charge in [0.1, 0.15) is 6.61 Å². The minimum atomic E-state index is -1.51. The summed E-state index contributed by atoms with van der Waals surface area (Å²) in [4.78, 5) is 10.7. The Bertz CT molecular complexity index is 433. The molecule has 0 fully saturated rings. The minimum absolute atomic E-state index is 0.125. The Morgan fingerprint density at radius 3 is 2.65 bits per heavy atom. The number of alkyl halides is 1. The fourth-order valence-electron chi connectivity index (χ4n) is 1.04. The van der Waals surface area contributed by atoms with Crippen LogP contribution in [0, 0.1) is 11.8 Å². The summed E-state index contributed by atoms with van der Waals surface area (Å²) in [5.74, 6) is 4.80. The molecule has 0 radical (unpaired) electrons. The maximum atomic E-state index is 10.7. The van der Waals surface area contributed by atoms with Gasteiger partial charge in [0.25, 0.3) is 0 Å². The highest BCUT2D eigenvalue weighted by molar-refractivity contribution is 6.18. The van der Waals surface area contributed by atoms with Gasteiger partial charge in [-0.2, -0.15) is 0 Å². The van der Waals surface area contributed by atoms with Crippen LogP contribution in [-0.2, 0) is 9.53 Å². The molecule has 0 amide bonds.